The molecule has 5 nitrogen and oxygen atoms in total. The summed E-state index contributed by atoms with van der Waals surface area (Å²) < 4.78 is 19.1. The van der Waals surface area contributed by atoms with E-state index >= 15 is 0 Å². The van der Waals surface area contributed by atoms with Gasteiger partial charge in [0.25, 0.3) is 0 Å². The molecule has 4 rings (SSSR count). The molecule has 37 heavy (non-hydrogen) atoms. The van der Waals surface area contributed by atoms with E-state index in [2.05, 4.69) is 26.8 Å². The molecule has 0 saturated carbocycles. The number of aromatic amines is 1. The van der Waals surface area contributed by atoms with Crippen LogP contribution in [0, 0.1) is 5.82 Å². The van der Waals surface area contributed by atoms with Crippen molar-refractivity contribution in [3.05, 3.63) is 114 Å². The number of fused-ring (bicyclic) bond motifs is 1. The molecule has 0 radical (unpaired) electrons. The van der Waals surface area contributed by atoms with Gasteiger partial charge in [0.2, 0.25) is 0 Å². The Hall–Kier alpha value is -3.90. The van der Waals surface area contributed by atoms with E-state index in [0.29, 0.717) is 22.2 Å². The Bertz CT molecular complexity index is 1350. The minimum atomic E-state index is -0.317. The van der Waals surface area contributed by atoms with Gasteiger partial charge in [-0.3, -0.25) is 0 Å². The number of nitrogens with one attached hydrogen (secondary N) is 2. The molecule has 0 aliphatic carbocycles. The molecule has 2 N–H and O–H groups in total. The first kappa shape index (κ1) is 29.3. The monoisotopic (exact) mass is 520 g/mol. The zero-order chi connectivity index (χ0) is 27.2. The molecule has 0 aliphatic heterocycles. The Morgan fingerprint density at radius 1 is 1.08 bits per heavy atom. The molecular weight excluding hydrogens is 487 g/mol. The van der Waals surface area contributed by atoms with Gasteiger partial charge < -0.3 is 15.0 Å². The number of anilines is 1. The van der Waals surface area contributed by atoms with Crippen molar-refractivity contribution in [3.63, 3.8) is 0 Å². The first-order valence-corrected chi connectivity index (χ1v) is 12.6. The average molecular weight is 521 g/mol. The molecule has 0 saturated heterocycles. The number of aromatic nitrogens is 3. The third-order valence-electron chi connectivity index (χ3n) is 4.91. The minimum absolute atomic E-state index is 0.174. The number of rotatable bonds is 8. The largest absolute Gasteiger partial charge is 0.487 e. The van der Waals surface area contributed by atoms with Gasteiger partial charge in [0.05, 0.1) is 10.5 Å². The molecule has 194 valence electrons. The summed E-state index contributed by atoms with van der Waals surface area (Å²) in [4.78, 5) is 12.0. The number of hydrogen-bond donors (Lipinski definition) is 2. The Kier molecular flexibility index (Phi) is 12.1. The van der Waals surface area contributed by atoms with Gasteiger partial charge in [0.1, 0.15) is 30.3 Å². The quantitative estimate of drug-likeness (QED) is 0.180. The van der Waals surface area contributed by atoms with Crippen LogP contribution >= 0.6 is 11.6 Å². The van der Waals surface area contributed by atoms with Crippen LogP contribution in [0.4, 0.5) is 10.2 Å². The number of benzene rings is 2. The van der Waals surface area contributed by atoms with Crippen LogP contribution in [-0.2, 0) is 11.3 Å². The van der Waals surface area contributed by atoms with Crippen LogP contribution in [0.1, 0.15) is 40.2 Å². The van der Waals surface area contributed by atoms with Gasteiger partial charge in [-0.1, -0.05) is 64.1 Å². The lowest BCUT2D eigenvalue weighted by molar-refractivity contribution is 0.210. The maximum absolute atomic E-state index is 13.4. The molecule has 0 atom stereocenters. The Morgan fingerprint density at radius 3 is 2.54 bits per heavy atom. The van der Waals surface area contributed by atoms with Crippen molar-refractivity contribution in [2.24, 2.45) is 0 Å². The van der Waals surface area contributed by atoms with Crippen LogP contribution in [0.25, 0.3) is 22.2 Å². The van der Waals surface area contributed by atoms with E-state index in [-0.39, 0.29) is 12.4 Å². The lowest BCUT2D eigenvalue weighted by Gasteiger charge is -2.11. The predicted octanol–water partition coefficient (Wildman–Crippen LogP) is 8.99. The third kappa shape index (κ3) is 8.33. The Labute approximate surface area is 223 Å². The summed E-state index contributed by atoms with van der Waals surface area (Å²) in [6.07, 6.45) is 6.65. The molecule has 2 aromatic carbocycles. The fourth-order valence-corrected chi connectivity index (χ4v) is 3.63. The van der Waals surface area contributed by atoms with Crippen molar-refractivity contribution in [3.8, 4) is 11.3 Å². The summed E-state index contributed by atoms with van der Waals surface area (Å²) in [5.74, 6) is 0.735. The first-order chi connectivity index (χ1) is 18.0. The van der Waals surface area contributed by atoms with Gasteiger partial charge in [0, 0.05) is 23.0 Å². The number of nitrogens with zero attached hydrogens (tertiary/aromatic N) is 2. The highest BCUT2D eigenvalue weighted by Gasteiger charge is 2.08. The summed E-state index contributed by atoms with van der Waals surface area (Å²) >= 11 is 6.47. The standard InChI is InChI=1S/C26H22ClFN4O.2C2H6/c1-3-25(33-15-18-6-4-7-20(28)13-18)22(27)12-17(2)32-26-21-14-19(23-8-5-11-29-23)9-10-24(21)30-16-31-26;2*1-2/h3-14,16,29H,1,15H2,2H3,(H,30,31,32);2*1-2H3/b17-12+,25-22-;;. The van der Waals surface area contributed by atoms with Crippen LogP contribution in [0.2, 0.25) is 0 Å². The fraction of sp³-hybridized carbons (Fsp3) is 0.200. The molecule has 0 unspecified atom stereocenters. The van der Waals surface area contributed by atoms with E-state index < -0.39 is 0 Å². The van der Waals surface area contributed by atoms with E-state index in [9.17, 15) is 4.39 Å². The minimum Gasteiger partial charge on any atom is -0.487 e. The maximum atomic E-state index is 13.4. The number of hydrogen-bond acceptors (Lipinski definition) is 4. The topological polar surface area (TPSA) is 62.8 Å². The lowest BCUT2D eigenvalue weighted by atomic mass is 10.1. The molecular formula is C30H34ClFN4O. The van der Waals surface area contributed by atoms with Crippen LogP contribution in [-0.4, -0.2) is 15.0 Å². The summed E-state index contributed by atoms with van der Waals surface area (Å²) in [5, 5.41) is 4.53. The number of allylic oxidation sites excluding steroid dienone is 4. The van der Waals surface area contributed by atoms with Gasteiger partial charge in [-0.15, -0.1) is 0 Å². The maximum Gasteiger partial charge on any atom is 0.141 e. The van der Waals surface area contributed by atoms with Crippen LogP contribution in [0.15, 0.2) is 102 Å². The highest BCUT2D eigenvalue weighted by Crippen LogP contribution is 2.27. The molecule has 0 aliphatic rings. The molecule has 0 fully saturated rings. The highest BCUT2D eigenvalue weighted by atomic mass is 35.5. The highest BCUT2D eigenvalue weighted by molar-refractivity contribution is 6.31. The van der Waals surface area contributed by atoms with Crippen LogP contribution in [0.3, 0.4) is 0 Å². The van der Waals surface area contributed by atoms with Crippen molar-refractivity contribution in [2.75, 3.05) is 5.32 Å². The van der Waals surface area contributed by atoms with Gasteiger partial charge in [-0.05, 0) is 66.6 Å². The summed E-state index contributed by atoms with van der Waals surface area (Å²) in [6, 6.07) is 16.2. The molecule has 4 aromatic rings. The van der Waals surface area contributed by atoms with Crippen LogP contribution < -0.4 is 5.32 Å². The second-order valence-electron chi connectivity index (χ2n) is 7.33. The zero-order valence-electron chi connectivity index (χ0n) is 22.0. The van der Waals surface area contributed by atoms with Crippen molar-refractivity contribution < 1.29 is 9.13 Å². The predicted molar refractivity (Wildman–Crippen MR) is 154 cm³/mol. The van der Waals surface area contributed by atoms with Crippen LogP contribution in [0.5, 0.6) is 0 Å². The number of ether oxygens (including phenoxy) is 1. The smallest absolute Gasteiger partial charge is 0.141 e. The van der Waals surface area contributed by atoms with Gasteiger partial charge in [-0.25, -0.2) is 14.4 Å². The molecule has 7 heteroatoms. The van der Waals surface area contributed by atoms with E-state index in [0.717, 1.165) is 27.9 Å². The summed E-state index contributed by atoms with van der Waals surface area (Å²) in [7, 11) is 0. The second-order valence-corrected chi connectivity index (χ2v) is 7.73. The lowest BCUT2D eigenvalue weighted by Crippen LogP contribution is -2.01. The second kappa shape index (κ2) is 15.3. The van der Waals surface area contributed by atoms with Crippen molar-refractivity contribution in [1.29, 1.82) is 0 Å². The van der Waals surface area contributed by atoms with Crippen molar-refractivity contribution in [2.45, 2.75) is 41.2 Å². The number of H-pyrrole nitrogens is 1. The average Bonchev–Trinajstić information content (AvgIpc) is 3.46. The van der Waals surface area contributed by atoms with Gasteiger partial charge in [0.15, 0.2) is 0 Å². The van der Waals surface area contributed by atoms with Gasteiger partial charge >= 0.3 is 0 Å². The molecule has 0 spiro atoms. The normalized spacial score (nSPS) is 11.4. The molecule has 0 bridgehead atoms. The van der Waals surface area contributed by atoms with Crippen molar-refractivity contribution >= 4 is 28.3 Å². The fourth-order valence-electron chi connectivity index (χ4n) is 3.33. The Morgan fingerprint density at radius 2 is 1.86 bits per heavy atom. The van der Waals surface area contributed by atoms with E-state index in [4.69, 9.17) is 16.3 Å². The zero-order valence-corrected chi connectivity index (χ0v) is 22.7. The molecule has 2 heterocycles. The van der Waals surface area contributed by atoms with E-state index in [1.165, 1.54) is 24.5 Å². The summed E-state index contributed by atoms with van der Waals surface area (Å²) in [5.41, 5.74) is 4.31. The van der Waals surface area contributed by atoms with Gasteiger partial charge in [-0.2, -0.15) is 0 Å². The molecule has 0 amide bonds. The first-order valence-electron chi connectivity index (χ1n) is 12.3. The summed E-state index contributed by atoms with van der Waals surface area (Å²) in [6.45, 7) is 13.8. The van der Waals surface area contributed by atoms with E-state index in [1.807, 2.05) is 71.1 Å². The van der Waals surface area contributed by atoms with E-state index in [1.54, 1.807) is 18.2 Å². The van der Waals surface area contributed by atoms with Crippen molar-refractivity contribution in [1.82, 2.24) is 15.0 Å². The third-order valence-corrected chi connectivity index (χ3v) is 5.20. The molecule has 2 aromatic heterocycles. The number of halogens is 2. The SMILES string of the molecule is C=C/C(OCc1cccc(F)c1)=C(Cl)\C=C(/C)Nc1ncnc2ccc(-c3ccc[nH]3)cc12.CC.CC. The Balaban J connectivity index is 0.00000115.